The highest BCUT2D eigenvalue weighted by molar-refractivity contribution is 7.89. The van der Waals surface area contributed by atoms with Crippen LogP contribution in [0.2, 0.25) is 0 Å². The predicted molar refractivity (Wildman–Crippen MR) is 77.2 cm³/mol. The lowest BCUT2D eigenvalue weighted by atomic mass is 10.1. The van der Waals surface area contributed by atoms with Gasteiger partial charge >= 0.3 is 0 Å². The fourth-order valence-corrected chi connectivity index (χ4v) is 3.88. The summed E-state index contributed by atoms with van der Waals surface area (Å²) in [6, 6.07) is 4.74. The highest BCUT2D eigenvalue weighted by Gasteiger charge is 2.28. The lowest BCUT2D eigenvalue weighted by molar-refractivity contribution is 0.0955. The molecule has 1 aromatic rings. The van der Waals surface area contributed by atoms with Gasteiger partial charge in [0.25, 0.3) is 5.91 Å². The highest BCUT2D eigenvalue weighted by atomic mass is 32.2. The van der Waals surface area contributed by atoms with Gasteiger partial charge in [0.2, 0.25) is 10.0 Å². The van der Waals surface area contributed by atoms with Crippen molar-refractivity contribution < 1.29 is 13.2 Å². The number of nitrogens with zero attached hydrogens (tertiary/aromatic N) is 1. The molecule has 0 aromatic heterocycles. The Morgan fingerprint density at radius 3 is 2.55 bits per heavy atom. The number of hydrogen-bond acceptors (Lipinski definition) is 3. The third-order valence-electron chi connectivity index (χ3n) is 3.49. The van der Waals surface area contributed by atoms with Crippen LogP contribution in [0.4, 0.5) is 0 Å². The van der Waals surface area contributed by atoms with E-state index in [1.165, 1.54) is 10.4 Å². The van der Waals surface area contributed by atoms with Crippen molar-refractivity contribution in [2.24, 2.45) is 0 Å². The van der Waals surface area contributed by atoms with E-state index < -0.39 is 10.0 Å². The normalized spacial score (nSPS) is 16.3. The third-order valence-corrected chi connectivity index (χ3v) is 5.39. The van der Waals surface area contributed by atoms with Crippen molar-refractivity contribution in [2.45, 2.75) is 31.6 Å². The van der Waals surface area contributed by atoms with Crippen molar-refractivity contribution in [3.8, 4) is 0 Å². The van der Waals surface area contributed by atoms with Crippen LogP contribution >= 0.6 is 0 Å². The second-order valence-electron chi connectivity index (χ2n) is 4.95. The molecule has 110 valence electrons. The van der Waals surface area contributed by atoms with Crippen molar-refractivity contribution in [3.05, 3.63) is 29.3 Å². The Hall–Kier alpha value is -1.40. The number of nitrogens with one attached hydrogen (secondary N) is 1. The Bertz CT molecular complexity index is 605. The van der Waals surface area contributed by atoms with E-state index in [1.54, 1.807) is 19.1 Å². The maximum absolute atomic E-state index is 12.5. The molecule has 1 amide bonds. The number of aryl methyl sites for hydroxylation is 1. The van der Waals surface area contributed by atoms with Crippen molar-refractivity contribution >= 4 is 15.9 Å². The second-order valence-corrected chi connectivity index (χ2v) is 6.89. The van der Waals surface area contributed by atoms with Crippen LogP contribution < -0.4 is 5.32 Å². The average Bonchev–Trinajstić information content (AvgIpc) is 2.93. The first-order valence-corrected chi connectivity index (χ1v) is 8.30. The lowest BCUT2D eigenvalue weighted by Crippen LogP contribution is -2.29. The van der Waals surface area contributed by atoms with Gasteiger partial charge in [-0.3, -0.25) is 4.79 Å². The van der Waals surface area contributed by atoms with Crippen LogP contribution in [-0.2, 0) is 10.0 Å². The van der Waals surface area contributed by atoms with Crippen LogP contribution in [0.5, 0.6) is 0 Å². The fourth-order valence-electron chi connectivity index (χ4n) is 2.34. The summed E-state index contributed by atoms with van der Waals surface area (Å²) in [7, 11) is -3.47. The van der Waals surface area contributed by atoms with Gasteiger partial charge in [-0.15, -0.1) is 0 Å². The monoisotopic (exact) mass is 296 g/mol. The van der Waals surface area contributed by atoms with Crippen LogP contribution in [-0.4, -0.2) is 38.3 Å². The van der Waals surface area contributed by atoms with Crippen LogP contribution in [0.25, 0.3) is 0 Å². The molecule has 1 heterocycles. The molecule has 1 aliphatic heterocycles. The second kappa shape index (κ2) is 5.93. The minimum atomic E-state index is -3.47. The van der Waals surface area contributed by atoms with Crippen LogP contribution in [0.1, 0.15) is 35.7 Å². The number of benzene rings is 1. The zero-order valence-electron chi connectivity index (χ0n) is 11.8. The summed E-state index contributed by atoms with van der Waals surface area (Å²) in [5, 5.41) is 2.70. The largest absolute Gasteiger partial charge is 0.352 e. The highest BCUT2D eigenvalue weighted by Crippen LogP contribution is 2.23. The number of amides is 1. The number of carbonyl (C=O) groups is 1. The van der Waals surface area contributed by atoms with Crippen molar-refractivity contribution in [2.75, 3.05) is 19.6 Å². The molecule has 0 bridgehead atoms. The molecule has 5 nitrogen and oxygen atoms in total. The molecule has 1 aliphatic rings. The van der Waals surface area contributed by atoms with Crippen LogP contribution in [0.3, 0.4) is 0 Å². The minimum absolute atomic E-state index is 0.200. The van der Waals surface area contributed by atoms with Gasteiger partial charge in [0, 0.05) is 25.2 Å². The van der Waals surface area contributed by atoms with E-state index in [4.69, 9.17) is 0 Å². The van der Waals surface area contributed by atoms with Gasteiger partial charge in [0.1, 0.15) is 0 Å². The summed E-state index contributed by atoms with van der Waals surface area (Å²) in [5.74, 6) is -0.233. The maximum Gasteiger partial charge on any atom is 0.251 e. The summed E-state index contributed by atoms with van der Waals surface area (Å²) in [4.78, 5) is 12.1. The van der Waals surface area contributed by atoms with Gasteiger partial charge in [-0.25, -0.2) is 8.42 Å². The third kappa shape index (κ3) is 2.86. The summed E-state index contributed by atoms with van der Waals surface area (Å²) < 4.78 is 26.4. The molecule has 6 heteroatoms. The standard InChI is InChI=1S/C14H20N2O3S/c1-3-15-14(17)13-10-12(7-6-11(13)2)20(18,19)16-8-4-5-9-16/h6-7,10H,3-5,8-9H2,1-2H3,(H,15,17). The molecule has 0 aliphatic carbocycles. The maximum atomic E-state index is 12.5. The molecular weight excluding hydrogens is 276 g/mol. The summed E-state index contributed by atoms with van der Waals surface area (Å²) in [6.45, 7) is 5.27. The number of rotatable bonds is 4. The van der Waals surface area contributed by atoms with E-state index in [9.17, 15) is 13.2 Å². The van der Waals surface area contributed by atoms with Gasteiger partial charge in [0.15, 0.2) is 0 Å². The molecule has 1 N–H and O–H groups in total. The number of sulfonamides is 1. The zero-order valence-corrected chi connectivity index (χ0v) is 12.7. The molecule has 0 saturated carbocycles. The van der Waals surface area contributed by atoms with Gasteiger partial charge in [-0.2, -0.15) is 4.31 Å². The molecule has 0 atom stereocenters. The minimum Gasteiger partial charge on any atom is -0.352 e. The average molecular weight is 296 g/mol. The molecule has 1 fully saturated rings. The molecule has 0 spiro atoms. The zero-order chi connectivity index (χ0) is 14.8. The molecule has 20 heavy (non-hydrogen) atoms. The Labute approximate surface area is 120 Å². The Balaban J connectivity index is 2.38. The van der Waals surface area contributed by atoms with E-state index in [0.29, 0.717) is 25.2 Å². The Kier molecular flexibility index (Phi) is 4.45. The van der Waals surface area contributed by atoms with E-state index in [0.717, 1.165) is 18.4 Å². The van der Waals surface area contributed by atoms with E-state index in [1.807, 2.05) is 6.92 Å². The summed E-state index contributed by atoms with van der Waals surface area (Å²) in [5.41, 5.74) is 1.20. The SMILES string of the molecule is CCNC(=O)c1cc(S(=O)(=O)N2CCCC2)ccc1C. The lowest BCUT2D eigenvalue weighted by Gasteiger charge is -2.16. The topological polar surface area (TPSA) is 66.5 Å². The molecule has 0 unspecified atom stereocenters. The predicted octanol–water partition coefficient (Wildman–Crippen LogP) is 1.53. The summed E-state index contributed by atoms with van der Waals surface area (Å²) >= 11 is 0. The Morgan fingerprint density at radius 2 is 1.95 bits per heavy atom. The molecular formula is C14H20N2O3S. The van der Waals surface area contributed by atoms with Crippen molar-refractivity contribution in [1.82, 2.24) is 9.62 Å². The van der Waals surface area contributed by atoms with E-state index >= 15 is 0 Å². The van der Waals surface area contributed by atoms with Gasteiger partial charge < -0.3 is 5.32 Å². The fraction of sp³-hybridized carbons (Fsp3) is 0.500. The molecule has 2 rings (SSSR count). The van der Waals surface area contributed by atoms with Crippen LogP contribution in [0, 0.1) is 6.92 Å². The number of hydrogen-bond donors (Lipinski definition) is 1. The first-order chi connectivity index (χ1) is 9.46. The van der Waals surface area contributed by atoms with E-state index in [-0.39, 0.29) is 10.8 Å². The Morgan fingerprint density at radius 1 is 1.30 bits per heavy atom. The first kappa shape index (κ1) is 15.0. The number of carbonyl (C=O) groups excluding carboxylic acids is 1. The smallest absolute Gasteiger partial charge is 0.251 e. The molecule has 1 aromatic carbocycles. The molecule has 0 radical (unpaired) electrons. The van der Waals surface area contributed by atoms with Crippen molar-refractivity contribution in [3.63, 3.8) is 0 Å². The summed E-state index contributed by atoms with van der Waals surface area (Å²) in [6.07, 6.45) is 1.79. The van der Waals surface area contributed by atoms with Crippen molar-refractivity contribution in [1.29, 1.82) is 0 Å². The van der Waals surface area contributed by atoms with E-state index in [2.05, 4.69) is 5.32 Å². The van der Waals surface area contributed by atoms with Gasteiger partial charge in [-0.1, -0.05) is 6.07 Å². The van der Waals surface area contributed by atoms with Gasteiger partial charge in [-0.05, 0) is 44.4 Å². The van der Waals surface area contributed by atoms with Crippen LogP contribution in [0.15, 0.2) is 23.1 Å². The first-order valence-electron chi connectivity index (χ1n) is 6.86. The molecule has 1 saturated heterocycles. The quantitative estimate of drug-likeness (QED) is 0.916. The van der Waals surface area contributed by atoms with Gasteiger partial charge in [0.05, 0.1) is 4.90 Å².